The molecule has 1 rings (SSSR count). The molecule has 0 spiro atoms. The summed E-state index contributed by atoms with van der Waals surface area (Å²) in [5.41, 5.74) is 0. The first-order valence-corrected chi connectivity index (χ1v) is 6.71. The summed E-state index contributed by atoms with van der Waals surface area (Å²) in [5, 5.41) is 0. The second-order valence-electron chi connectivity index (χ2n) is 4.11. The minimum absolute atomic E-state index is 0.226. The molecule has 0 aromatic carbocycles. The molecule has 1 aliphatic rings. The predicted molar refractivity (Wildman–Crippen MR) is 54.0 cm³/mol. The van der Waals surface area contributed by atoms with Crippen LogP contribution in [-0.2, 0) is 10.0 Å². The fraction of sp³-hybridized carbons (Fsp3) is 1.00. The lowest BCUT2D eigenvalue weighted by molar-refractivity contribution is 0.214. The van der Waals surface area contributed by atoms with Crippen molar-refractivity contribution in [1.29, 1.82) is 0 Å². The van der Waals surface area contributed by atoms with Crippen molar-refractivity contribution in [2.45, 2.75) is 38.6 Å². The van der Waals surface area contributed by atoms with E-state index in [2.05, 4.69) is 6.92 Å². The van der Waals surface area contributed by atoms with Gasteiger partial charge in [-0.15, -0.1) is 0 Å². The molecule has 3 nitrogen and oxygen atoms in total. The maximum atomic E-state index is 11.3. The molecule has 1 aliphatic carbocycles. The summed E-state index contributed by atoms with van der Waals surface area (Å²) in [6.45, 7) is 2.14. The third-order valence-corrected chi connectivity index (χ3v) is 4.37. The molecule has 2 atom stereocenters. The number of sulfonamides is 1. The van der Waals surface area contributed by atoms with Gasteiger partial charge in [-0.05, 0) is 18.8 Å². The van der Waals surface area contributed by atoms with E-state index in [0.29, 0.717) is 5.92 Å². The van der Waals surface area contributed by atoms with Crippen molar-refractivity contribution in [1.82, 2.24) is 4.31 Å². The van der Waals surface area contributed by atoms with Crippen LogP contribution in [0.3, 0.4) is 0 Å². The molecule has 0 heterocycles. The Morgan fingerprint density at radius 1 is 1.23 bits per heavy atom. The molecular weight excluding hydrogens is 186 g/mol. The average molecular weight is 205 g/mol. The monoisotopic (exact) mass is 205 g/mol. The van der Waals surface area contributed by atoms with Crippen molar-refractivity contribution in [3.05, 3.63) is 0 Å². The highest BCUT2D eigenvalue weighted by atomic mass is 32.2. The highest BCUT2D eigenvalue weighted by Crippen LogP contribution is 2.28. The van der Waals surface area contributed by atoms with Crippen LogP contribution >= 0.6 is 0 Å². The van der Waals surface area contributed by atoms with Gasteiger partial charge >= 0.3 is 0 Å². The van der Waals surface area contributed by atoms with Crippen LogP contribution in [0.1, 0.15) is 32.6 Å². The number of hydrogen-bond acceptors (Lipinski definition) is 2. The first-order valence-electron chi connectivity index (χ1n) is 4.86. The van der Waals surface area contributed by atoms with E-state index in [0.717, 1.165) is 19.3 Å². The molecule has 78 valence electrons. The molecule has 13 heavy (non-hydrogen) atoms. The molecule has 0 amide bonds. The van der Waals surface area contributed by atoms with Crippen molar-refractivity contribution in [2.24, 2.45) is 5.92 Å². The van der Waals surface area contributed by atoms with Gasteiger partial charge < -0.3 is 0 Å². The van der Waals surface area contributed by atoms with Crippen molar-refractivity contribution in [3.63, 3.8) is 0 Å². The predicted octanol–water partition coefficient (Wildman–Crippen LogP) is 1.46. The van der Waals surface area contributed by atoms with E-state index in [-0.39, 0.29) is 6.04 Å². The summed E-state index contributed by atoms with van der Waals surface area (Å²) >= 11 is 0. The molecule has 0 N–H and O–H groups in total. The largest absolute Gasteiger partial charge is 0.213 e. The van der Waals surface area contributed by atoms with Crippen molar-refractivity contribution < 1.29 is 8.42 Å². The van der Waals surface area contributed by atoms with Gasteiger partial charge in [0.2, 0.25) is 10.0 Å². The molecule has 0 aromatic rings. The van der Waals surface area contributed by atoms with E-state index >= 15 is 0 Å². The molecule has 0 aromatic heterocycles. The minimum atomic E-state index is -3.00. The molecule has 1 fully saturated rings. The highest BCUT2D eigenvalue weighted by molar-refractivity contribution is 7.88. The smallest absolute Gasteiger partial charge is 0.211 e. The van der Waals surface area contributed by atoms with Crippen LogP contribution in [0.4, 0.5) is 0 Å². The number of nitrogens with zero attached hydrogens (tertiary/aromatic N) is 1. The first kappa shape index (κ1) is 11.0. The Kier molecular flexibility index (Phi) is 3.35. The van der Waals surface area contributed by atoms with Gasteiger partial charge in [-0.25, -0.2) is 12.7 Å². The summed E-state index contributed by atoms with van der Waals surface area (Å²) in [6.07, 6.45) is 5.87. The fourth-order valence-corrected chi connectivity index (χ4v) is 2.89. The summed E-state index contributed by atoms with van der Waals surface area (Å²) < 4.78 is 24.1. The summed E-state index contributed by atoms with van der Waals surface area (Å²) in [7, 11) is -1.31. The zero-order valence-electron chi connectivity index (χ0n) is 8.66. The quantitative estimate of drug-likeness (QED) is 0.684. The molecule has 2 unspecified atom stereocenters. The second kappa shape index (κ2) is 3.96. The van der Waals surface area contributed by atoms with Gasteiger partial charge in [-0.1, -0.05) is 19.8 Å². The van der Waals surface area contributed by atoms with E-state index in [4.69, 9.17) is 0 Å². The molecule has 0 saturated heterocycles. The zero-order valence-corrected chi connectivity index (χ0v) is 9.47. The molecular formula is C9H19NO2S. The van der Waals surface area contributed by atoms with E-state index in [1.165, 1.54) is 17.0 Å². The molecule has 1 saturated carbocycles. The van der Waals surface area contributed by atoms with E-state index < -0.39 is 10.0 Å². The van der Waals surface area contributed by atoms with Crippen LogP contribution in [0.2, 0.25) is 0 Å². The summed E-state index contributed by atoms with van der Waals surface area (Å²) in [5.74, 6) is 0.508. The van der Waals surface area contributed by atoms with Gasteiger partial charge in [-0.2, -0.15) is 0 Å². The van der Waals surface area contributed by atoms with Crippen LogP contribution in [0.15, 0.2) is 0 Å². The van der Waals surface area contributed by atoms with E-state index in [1.54, 1.807) is 7.05 Å². The maximum absolute atomic E-state index is 11.3. The Hall–Kier alpha value is -0.0900. The highest BCUT2D eigenvalue weighted by Gasteiger charge is 2.29. The minimum Gasteiger partial charge on any atom is -0.213 e. The number of rotatable bonds is 2. The standard InChI is InChI=1S/C9H19NO2S/c1-8-6-4-5-7-9(8)10(2)13(3,11)12/h8-9H,4-7H2,1-3H3. The SMILES string of the molecule is CC1CCCCC1N(C)S(C)(=O)=O. The lowest BCUT2D eigenvalue weighted by atomic mass is 9.86. The normalized spacial score (nSPS) is 30.8. The summed E-state index contributed by atoms with van der Waals surface area (Å²) in [6, 6.07) is 0.226. The van der Waals surface area contributed by atoms with Crippen LogP contribution in [0, 0.1) is 5.92 Å². The van der Waals surface area contributed by atoms with Crippen molar-refractivity contribution in [3.8, 4) is 0 Å². The average Bonchev–Trinajstić information content (AvgIpc) is 2.02. The third kappa shape index (κ3) is 2.68. The van der Waals surface area contributed by atoms with Crippen LogP contribution < -0.4 is 0 Å². The lowest BCUT2D eigenvalue weighted by Gasteiger charge is -2.34. The van der Waals surface area contributed by atoms with Gasteiger partial charge in [-0.3, -0.25) is 0 Å². The van der Waals surface area contributed by atoms with Gasteiger partial charge in [0, 0.05) is 13.1 Å². The van der Waals surface area contributed by atoms with Crippen LogP contribution in [0.25, 0.3) is 0 Å². The third-order valence-electron chi connectivity index (χ3n) is 3.06. The summed E-state index contributed by atoms with van der Waals surface area (Å²) in [4.78, 5) is 0. The first-order chi connectivity index (χ1) is 5.93. The zero-order chi connectivity index (χ0) is 10.1. The van der Waals surface area contributed by atoms with E-state index in [1.807, 2.05) is 0 Å². The van der Waals surface area contributed by atoms with Gasteiger partial charge in [0.25, 0.3) is 0 Å². The molecule has 4 heteroatoms. The Balaban J connectivity index is 2.70. The maximum Gasteiger partial charge on any atom is 0.211 e. The Labute approximate surface area is 81.2 Å². The van der Waals surface area contributed by atoms with E-state index in [9.17, 15) is 8.42 Å². The van der Waals surface area contributed by atoms with Crippen molar-refractivity contribution in [2.75, 3.05) is 13.3 Å². The molecule has 0 bridgehead atoms. The molecule has 0 radical (unpaired) electrons. The Morgan fingerprint density at radius 2 is 1.77 bits per heavy atom. The lowest BCUT2D eigenvalue weighted by Crippen LogP contribution is -2.41. The number of hydrogen-bond donors (Lipinski definition) is 0. The van der Waals surface area contributed by atoms with Crippen molar-refractivity contribution >= 4 is 10.0 Å². The fourth-order valence-electron chi connectivity index (χ4n) is 2.08. The second-order valence-corrected chi connectivity index (χ2v) is 6.15. The van der Waals surface area contributed by atoms with Crippen LogP contribution in [-0.4, -0.2) is 32.1 Å². The van der Waals surface area contributed by atoms with Gasteiger partial charge in [0.1, 0.15) is 0 Å². The Morgan fingerprint density at radius 3 is 2.23 bits per heavy atom. The van der Waals surface area contributed by atoms with Gasteiger partial charge in [0.15, 0.2) is 0 Å². The Bertz CT molecular complexity index is 261. The van der Waals surface area contributed by atoms with Crippen LogP contribution in [0.5, 0.6) is 0 Å². The topological polar surface area (TPSA) is 37.4 Å². The van der Waals surface area contributed by atoms with Gasteiger partial charge in [0.05, 0.1) is 6.26 Å². The molecule has 0 aliphatic heterocycles.